The zero-order valence-electron chi connectivity index (χ0n) is 14.8. The van der Waals surface area contributed by atoms with Gasteiger partial charge in [-0.15, -0.1) is 0 Å². The second-order valence-corrected chi connectivity index (χ2v) is 6.69. The molecule has 3 rings (SSSR count). The third kappa shape index (κ3) is 3.68. The van der Waals surface area contributed by atoms with E-state index in [9.17, 15) is 5.11 Å². The molecule has 5 heteroatoms. The average Bonchev–Trinajstić information content (AvgIpc) is 3.07. The van der Waals surface area contributed by atoms with Crippen LogP contribution in [0.2, 0.25) is 0 Å². The van der Waals surface area contributed by atoms with Crippen LogP contribution in [0.1, 0.15) is 22.6 Å². The summed E-state index contributed by atoms with van der Waals surface area (Å²) in [4.78, 5) is 6.51. The van der Waals surface area contributed by atoms with Gasteiger partial charge in [0, 0.05) is 6.54 Å². The fourth-order valence-electron chi connectivity index (χ4n) is 3.00. The third-order valence-corrected chi connectivity index (χ3v) is 4.39. The highest BCUT2D eigenvalue weighted by Gasteiger charge is 2.13. The molecule has 0 amide bonds. The van der Waals surface area contributed by atoms with Crippen LogP contribution in [0.15, 0.2) is 35.0 Å². The number of rotatable bonds is 6. The van der Waals surface area contributed by atoms with Crippen molar-refractivity contribution in [3.63, 3.8) is 0 Å². The molecule has 3 aromatic rings. The summed E-state index contributed by atoms with van der Waals surface area (Å²) in [5.41, 5.74) is 4.52. The largest absolute Gasteiger partial charge is 0.465 e. The summed E-state index contributed by atoms with van der Waals surface area (Å²) in [6.07, 6.45) is 1.34. The van der Waals surface area contributed by atoms with Gasteiger partial charge in [-0.2, -0.15) is 0 Å². The van der Waals surface area contributed by atoms with Crippen molar-refractivity contribution in [1.82, 2.24) is 14.5 Å². The summed E-state index contributed by atoms with van der Waals surface area (Å²) in [5.74, 6) is 1.83. The van der Waals surface area contributed by atoms with Crippen molar-refractivity contribution in [2.24, 2.45) is 0 Å². The molecule has 1 atom stereocenters. The van der Waals surface area contributed by atoms with Crippen molar-refractivity contribution < 1.29 is 9.52 Å². The summed E-state index contributed by atoms with van der Waals surface area (Å²) in [7, 11) is 1.99. The minimum Gasteiger partial charge on any atom is -0.465 e. The van der Waals surface area contributed by atoms with Crippen LogP contribution in [0.4, 0.5) is 0 Å². The van der Waals surface area contributed by atoms with Crippen LogP contribution in [0.5, 0.6) is 0 Å². The van der Waals surface area contributed by atoms with Gasteiger partial charge in [-0.1, -0.05) is 0 Å². The van der Waals surface area contributed by atoms with Crippen LogP contribution in [0.3, 0.4) is 0 Å². The predicted octanol–water partition coefficient (Wildman–Crippen LogP) is 3.05. The summed E-state index contributed by atoms with van der Waals surface area (Å²) in [6.45, 7) is 7.92. The number of benzene rings is 1. The van der Waals surface area contributed by atoms with E-state index in [0.717, 1.165) is 22.6 Å². The highest BCUT2D eigenvalue weighted by atomic mass is 16.3. The van der Waals surface area contributed by atoms with Crippen molar-refractivity contribution in [2.75, 3.05) is 13.6 Å². The molecule has 0 spiro atoms. The summed E-state index contributed by atoms with van der Waals surface area (Å²) in [6, 6.07) is 8.17. The first kappa shape index (κ1) is 16.7. The molecule has 0 fully saturated rings. The monoisotopic (exact) mass is 327 g/mol. The molecule has 5 nitrogen and oxygen atoms in total. The number of nitrogens with zero attached hydrogens (tertiary/aromatic N) is 3. The van der Waals surface area contributed by atoms with E-state index in [1.54, 1.807) is 0 Å². The Morgan fingerprint density at radius 2 is 1.96 bits per heavy atom. The standard InChI is InChI=1S/C19H25N3O2/c1-13-7-18-19(8-14(13)2)22(12-20-18)10-16(23)9-21(4)11-17-6-5-15(3)24-17/h5-8,12,16,23H,9-11H2,1-4H3. The topological polar surface area (TPSA) is 54.4 Å². The zero-order chi connectivity index (χ0) is 17.3. The van der Waals surface area contributed by atoms with E-state index >= 15 is 0 Å². The molecule has 128 valence electrons. The van der Waals surface area contributed by atoms with Crippen LogP contribution < -0.4 is 0 Å². The number of furan rings is 1. The molecule has 2 aromatic heterocycles. The summed E-state index contributed by atoms with van der Waals surface area (Å²) in [5, 5.41) is 10.4. The first-order valence-electron chi connectivity index (χ1n) is 8.26. The molecular formula is C19H25N3O2. The molecule has 0 saturated carbocycles. The van der Waals surface area contributed by atoms with E-state index in [1.807, 2.05) is 37.0 Å². The lowest BCUT2D eigenvalue weighted by Crippen LogP contribution is -2.31. The molecule has 24 heavy (non-hydrogen) atoms. The zero-order valence-corrected chi connectivity index (χ0v) is 14.8. The molecule has 0 saturated heterocycles. The minimum absolute atomic E-state index is 0.468. The number of fused-ring (bicyclic) bond motifs is 1. The van der Waals surface area contributed by atoms with E-state index in [0.29, 0.717) is 19.6 Å². The lowest BCUT2D eigenvalue weighted by molar-refractivity contribution is 0.105. The van der Waals surface area contributed by atoms with Gasteiger partial charge >= 0.3 is 0 Å². The second-order valence-electron chi connectivity index (χ2n) is 6.69. The van der Waals surface area contributed by atoms with Gasteiger partial charge in [-0.05, 0) is 63.2 Å². The van der Waals surface area contributed by atoms with Crippen molar-refractivity contribution in [3.8, 4) is 0 Å². The molecule has 2 heterocycles. The van der Waals surface area contributed by atoms with Gasteiger partial charge in [-0.3, -0.25) is 4.90 Å². The van der Waals surface area contributed by atoms with Gasteiger partial charge in [0.2, 0.25) is 0 Å². The third-order valence-electron chi connectivity index (χ3n) is 4.39. The molecule has 1 N–H and O–H groups in total. The Morgan fingerprint density at radius 3 is 2.67 bits per heavy atom. The molecule has 0 aliphatic rings. The summed E-state index contributed by atoms with van der Waals surface area (Å²) < 4.78 is 7.61. The molecule has 0 radical (unpaired) electrons. The number of likely N-dealkylation sites (N-methyl/N-ethyl adjacent to an activating group) is 1. The summed E-state index contributed by atoms with van der Waals surface area (Å²) >= 11 is 0. The van der Waals surface area contributed by atoms with Crippen LogP contribution in [0.25, 0.3) is 11.0 Å². The Balaban J connectivity index is 1.64. The maximum absolute atomic E-state index is 10.4. The molecular weight excluding hydrogens is 302 g/mol. The van der Waals surface area contributed by atoms with Crippen LogP contribution in [-0.4, -0.2) is 39.3 Å². The Bertz CT molecular complexity index is 834. The number of aromatic nitrogens is 2. The van der Waals surface area contributed by atoms with E-state index in [-0.39, 0.29) is 0 Å². The first-order valence-corrected chi connectivity index (χ1v) is 8.26. The van der Waals surface area contributed by atoms with Crippen molar-refractivity contribution in [1.29, 1.82) is 0 Å². The second kappa shape index (κ2) is 6.79. The fourth-order valence-corrected chi connectivity index (χ4v) is 3.00. The van der Waals surface area contributed by atoms with E-state index in [2.05, 4.69) is 35.9 Å². The van der Waals surface area contributed by atoms with Crippen LogP contribution in [-0.2, 0) is 13.1 Å². The highest BCUT2D eigenvalue weighted by Crippen LogP contribution is 2.19. The highest BCUT2D eigenvalue weighted by molar-refractivity contribution is 5.77. The quantitative estimate of drug-likeness (QED) is 0.756. The molecule has 0 aliphatic carbocycles. The van der Waals surface area contributed by atoms with Gasteiger partial charge < -0.3 is 14.1 Å². The lowest BCUT2D eigenvalue weighted by Gasteiger charge is -2.20. The SMILES string of the molecule is Cc1ccc(CN(C)CC(O)Cn2cnc3cc(C)c(C)cc32)o1. The minimum atomic E-state index is -0.468. The Hall–Kier alpha value is -2.11. The maximum atomic E-state index is 10.4. The van der Waals surface area contributed by atoms with E-state index < -0.39 is 6.10 Å². The van der Waals surface area contributed by atoms with Crippen molar-refractivity contribution in [3.05, 3.63) is 53.2 Å². The smallest absolute Gasteiger partial charge is 0.118 e. The van der Waals surface area contributed by atoms with Crippen molar-refractivity contribution in [2.45, 2.75) is 40.0 Å². The molecule has 1 aromatic carbocycles. The van der Waals surface area contributed by atoms with Gasteiger partial charge in [0.15, 0.2) is 0 Å². The Labute approximate surface area is 142 Å². The normalized spacial score (nSPS) is 13.1. The molecule has 1 unspecified atom stereocenters. The Kier molecular flexibility index (Phi) is 4.73. The van der Waals surface area contributed by atoms with Crippen LogP contribution in [0, 0.1) is 20.8 Å². The number of aliphatic hydroxyl groups is 1. The first-order chi connectivity index (χ1) is 11.4. The van der Waals surface area contributed by atoms with Crippen molar-refractivity contribution >= 4 is 11.0 Å². The van der Waals surface area contributed by atoms with E-state index in [1.165, 1.54) is 11.1 Å². The maximum Gasteiger partial charge on any atom is 0.118 e. The lowest BCUT2D eigenvalue weighted by atomic mass is 10.1. The van der Waals surface area contributed by atoms with Gasteiger partial charge in [0.1, 0.15) is 11.5 Å². The van der Waals surface area contributed by atoms with E-state index in [4.69, 9.17) is 4.42 Å². The van der Waals surface area contributed by atoms with Gasteiger partial charge in [0.25, 0.3) is 0 Å². The average molecular weight is 327 g/mol. The molecule has 0 bridgehead atoms. The number of aliphatic hydroxyl groups excluding tert-OH is 1. The van der Waals surface area contributed by atoms with Gasteiger partial charge in [0.05, 0.1) is 36.6 Å². The Morgan fingerprint density at radius 1 is 1.21 bits per heavy atom. The fraction of sp³-hybridized carbons (Fsp3) is 0.421. The number of hydrogen-bond acceptors (Lipinski definition) is 4. The van der Waals surface area contributed by atoms with Crippen LogP contribution >= 0.6 is 0 Å². The number of imidazole rings is 1. The number of hydrogen-bond donors (Lipinski definition) is 1. The predicted molar refractivity (Wildman–Crippen MR) is 95.0 cm³/mol. The van der Waals surface area contributed by atoms with Gasteiger partial charge in [-0.25, -0.2) is 4.98 Å². The number of aryl methyl sites for hydroxylation is 3. The molecule has 0 aliphatic heterocycles.